The Morgan fingerprint density at radius 3 is 2.05 bits per heavy atom. The summed E-state index contributed by atoms with van der Waals surface area (Å²) in [5.41, 5.74) is 1.35. The summed E-state index contributed by atoms with van der Waals surface area (Å²) in [5.74, 6) is -0.358. The lowest BCUT2D eigenvalue weighted by Crippen LogP contribution is -2.26. The van der Waals surface area contributed by atoms with E-state index < -0.39 is 10.0 Å². The minimum Gasteiger partial charge on any atom is -0.392 e. The van der Waals surface area contributed by atoms with Crippen LogP contribution < -0.4 is 0 Å². The number of nitrogens with zero attached hydrogens (tertiary/aromatic N) is 1. The lowest BCUT2D eigenvalue weighted by atomic mass is 10.2. The van der Waals surface area contributed by atoms with Gasteiger partial charge in [-0.3, -0.25) is 0 Å². The molecule has 1 N–H and O–H groups in total. The molecule has 0 atom stereocenters. The number of rotatable bonds is 5. The van der Waals surface area contributed by atoms with E-state index in [1.165, 1.54) is 35.6 Å². The first-order chi connectivity index (χ1) is 9.93. The monoisotopic (exact) mass is 309 g/mol. The van der Waals surface area contributed by atoms with Crippen molar-refractivity contribution in [2.24, 2.45) is 0 Å². The molecule has 0 fully saturated rings. The zero-order valence-electron chi connectivity index (χ0n) is 11.5. The van der Waals surface area contributed by atoms with Crippen LogP contribution in [0.25, 0.3) is 0 Å². The van der Waals surface area contributed by atoms with Gasteiger partial charge in [0.1, 0.15) is 5.82 Å². The van der Waals surface area contributed by atoms with Crippen LogP contribution in [-0.2, 0) is 23.2 Å². The summed E-state index contributed by atoms with van der Waals surface area (Å²) < 4.78 is 38.8. The molecule has 0 saturated heterocycles. The van der Waals surface area contributed by atoms with E-state index in [0.717, 1.165) is 0 Å². The Balaban J connectivity index is 2.19. The van der Waals surface area contributed by atoms with E-state index in [2.05, 4.69) is 0 Å². The third-order valence-electron chi connectivity index (χ3n) is 3.13. The normalized spacial score (nSPS) is 11.8. The van der Waals surface area contributed by atoms with E-state index in [1.807, 2.05) is 0 Å². The number of aliphatic hydroxyl groups excluding tert-OH is 1. The molecule has 0 saturated carbocycles. The molecule has 0 bridgehead atoms. The fourth-order valence-electron chi connectivity index (χ4n) is 1.88. The Bertz CT molecular complexity index is 697. The molecule has 0 aliphatic carbocycles. The van der Waals surface area contributed by atoms with E-state index >= 15 is 0 Å². The summed E-state index contributed by atoms with van der Waals surface area (Å²) in [6.07, 6.45) is 0. The van der Waals surface area contributed by atoms with Gasteiger partial charge in [0, 0.05) is 13.6 Å². The van der Waals surface area contributed by atoms with Crippen molar-refractivity contribution in [3.8, 4) is 0 Å². The van der Waals surface area contributed by atoms with Gasteiger partial charge in [0.2, 0.25) is 10.0 Å². The quantitative estimate of drug-likeness (QED) is 0.920. The highest BCUT2D eigenvalue weighted by atomic mass is 32.2. The zero-order chi connectivity index (χ0) is 15.5. The fourth-order valence-corrected chi connectivity index (χ4v) is 3.04. The SMILES string of the molecule is CN(Cc1ccc(F)cc1)S(=O)(=O)c1ccc(CO)cc1. The zero-order valence-corrected chi connectivity index (χ0v) is 12.3. The number of hydrogen-bond acceptors (Lipinski definition) is 3. The number of benzene rings is 2. The van der Waals surface area contributed by atoms with Crippen molar-refractivity contribution >= 4 is 10.0 Å². The van der Waals surface area contributed by atoms with E-state index in [1.54, 1.807) is 24.3 Å². The number of aliphatic hydroxyl groups is 1. The van der Waals surface area contributed by atoms with Crippen molar-refractivity contribution in [3.05, 3.63) is 65.5 Å². The summed E-state index contributed by atoms with van der Waals surface area (Å²) in [5, 5.41) is 8.97. The minimum absolute atomic E-state index is 0.133. The molecule has 2 aromatic rings. The molecule has 0 spiro atoms. The average Bonchev–Trinajstić information content (AvgIpc) is 2.49. The first kappa shape index (κ1) is 15.6. The predicted octanol–water partition coefficient (Wildman–Crippen LogP) is 2.14. The third kappa shape index (κ3) is 3.66. The molecule has 0 heterocycles. The molecule has 0 unspecified atom stereocenters. The minimum atomic E-state index is -3.61. The van der Waals surface area contributed by atoms with Gasteiger partial charge in [-0.25, -0.2) is 12.8 Å². The van der Waals surface area contributed by atoms with E-state index in [4.69, 9.17) is 5.11 Å². The van der Waals surface area contributed by atoms with Crippen LogP contribution in [0.3, 0.4) is 0 Å². The predicted molar refractivity (Wildman–Crippen MR) is 77.4 cm³/mol. The van der Waals surface area contributed by atoms with E-state index in [9.17, 15) is 12.8 Å². The largest absolute Gasteiger partial charge is 0.392 e. The van der Waals surface area contributed by atoms with Crippen molar-refractivity contribution in [2.75, 3.05) is 7.05 Å². The third-order valence-corrected chi connectivity index (χ3v) is 4.95. The Labute approximate surface area is 123 Å². The van der Waals surface area contributed by atoms with Crippen LogP contribution >= 0.6 is 0 Å². The Morgan fingerprint density at radius 1 is 1.00 bits per heavy atom. The maximum atomic E-state index is 12.8. The standard InChI is InChI=1S/C15H16FNO3S/c1-17(10-12-2-6-14(16)7-3-12)21(19,20)15-8-4-13(11-18)5-9-15/h2-9,18H,10-11H2,1H3. The van der Waals surface area contributed by atoms with Gasteiger partial charge in [0.15, 0.2) is 0 Å². The molecule has 0 amide bonds. The molecule has 4 nitrogen and oxygen atoms in total. The fraction of sp³-hybridized carbons (Fsp3) is 0.200. The maximum absolute atomic E-state index is 12.8. The molecule has 6 heteroatoms. The first-order valence-electron chi connectivity index (χ1n) is 6.34. The highest BCUT2D eigenvalue weighted by molar-refractivity contribution is 7.89. The summed E-state index contributed by atoms with van der Waals surface area (Å²) in [7, 11) is -2.14. The Hall–Kier alpha value is -1.76. The second-order valence-electron chi connectivity index (χ2n) is 4.69. The van der Waals surface area contributed by atoms with E-state index in [-0.39, 0.29) is 23.9 Å². The topological polar surface area (TPSA) is 57.6 Å². The number of sulfonamides is 1. The summed E-state index contributed by atoms with van der Waals surface area (Å²) >= 11 is 0. The van der Waals surface area contributed by atoms with Crippen LogP contribution in [0.1, 0.15) is 11.1 Å². The van der Waals surface area contributed by atoms with Gasteiger partial charge in [-0.1, -0.05) is 24.3 Å². The van der Waals surface area contributed by atoms with E-state index in [0.29, 0.717) is 11.1 Å². The molecular weight excluding hydrogens is 293 g/mol. The molecule has 0 aliphatic rings. The molecule has 112 valence electrons. The average molecular weight is 309 g/mol. The van der Waals surface area contributed by atoms with Crippen molar-refractivity contribution in [2.45, 2.75) is 18.0 Å². The van der Waals surface area contributed by atoms with Gasteiger partial charge < -0.3 is 5.11 Å². The molecule has 0 radical (unpaired) electrons. The first-order valence-corrected chi connectivity index (χ1v) is 7.78. The summed E-state index contributed by atoms with van der Waals surface area (Å²) in [4.78, 5) is 0.157. The van der Waals surface area contributed by atoms with Gasteiger partial charge >= 0.3 is 0 Å². The van der Waals surface area contributed by atoms with Gasteiger partial charge in [-0.15, -0.1) is 0 Å². The smallest absolute Gasteiger partial charge is 0.243 e. The van der Waals surface area contributed by atoms with Crippen LogP contribution in [0.4, 0.5) is 4.39 Å². The molecular formula is C15H16FNO3S. The van der Waals surface area contributed by atoms with Crippen molar-refractivity contribution in [3.63, 3.8) is 0 Å². The highest BCUT2D eigenvalue weighted by Gasteiger charge is 2.20. The van der Waals surface area contributed by atoms with Crippen molar-refractivity contribution in [1.82, 2.24) is 4.31 Å². The van der Waals surface area contributed by atoms with Gasteiger partial charge in [0.05, 0.1) is 11.5 Å². The van der Waals surface area contributed by atoms with Crippen LogP contribution in [-0.4, -0.2) is 24.9 Å². The lowest BCUT2D eigenvalue weighted by Gasteiger charge is -2.17. The van der Waals surface area contributed by atoms with Crippen molar-refractivity contribution in [1.29, 1.82) is 0 Å². The summed E-state index contributed by atoms with van der Waals surface area (Å²) in [6, 6.07) is 11.8. The van der Waals surface area contributed by atoms with Crippen LogP contribution in [0.5, 0.6) is 0 Å². The Morgan fingerprint density at radius 2 is 1.52 bits per heavy atom. The van der Waals surface area contributed by atoms with Crippen LogP contribution in [0.15, 0.2) is 53.4 Å². The maximum Gasteiger partial charge on any atom is 0.243 e. The molecule has 0 aliphatic heterocycles. The lowest BCUT2D eigenvalue weighted by molar-refractivity contribution is 0.281. The number of hydrogen-bond donors (Lipinski definition) is 1. The van der Waals surface area contributed by atoms with Gasteiger partial charge in [-0.2, -0.15) is 4.31 Å². The van der Waals surface area contributed by atoms with Crippen LogP contribution in [0.2, 0.25) is 0 Å². The molecule has 2 rings (SSSR count). The second kappa shape index (κ2) is 6.34. The molecule has 2 aromatic carbocycles. The number of halogens is 1. The van der Waals surface area contributed by atoms with Gasteiger partial charge in [-0.05, 0) is 35.4 Å². The van der Waals surface area contributed by atoms with Crippen LogP contribution in [0, 0.1) is 5.82 Å². The highest BCUT2D eigenvalue weighted by Crippen LogP contribution is 2.17. The van der Waals surface area contributed by atoms with Crippen molar-refractivity contribution < 1.29 is 17.9 Å². The van der Waals surface area contributed by atoms with Gasteiger partial charge in [0.25, 0.3) is 0 Å². The summed E-state index contributed by atoms with van der Waals surface area (Å²) in [6.45, 7) is 0.0239. The molecule has 21 heavy (non-hydrogen) atoms. The Kier molecular flexibility index (Phi) is 4.72. The molecule has 0 aromatic heterocycles. The second-order valence-corrected chi connectivity index (χ2v) is 6.73.